The Labute approximate surface area is 252 Å². The van der Waals surface area contributed by atoms with Crippen molar-refractivity contribution in [3.05, 3.63) is 93.0 Å². The van der Waals surface area contributed by atoms with Gasteiger partial charge in [0.15, 0.2) is 0 Å². The fourth-order valence-corrected chi connectivity index (χ4v) is 6.04. The van der Waals surface area contributed by atoms with Gasteiger partial charge in [0.1, 0.15) is 22.8 Å². The summed E-state index contributed by atoms with van der Waals surface area (Å²) in [6.07, 6.45) is 0.307. The van der Waals surface area contributed by atoms with Crippen molar-refractivity contribution in [1.82, 2.24) is 5.32 Å². The number of anilines is 1. The lowest BCUT2D eigenvalue weighted by atomic mass is 9.62. The maximum absolute atomic E-state index is 15.8. The monoisotopic (exact) mass is 615 g/mol. The highest BCUT2D eigenvalue weighted by Gasteiger charge is 2.61. The number of aromatic carboxylic acids is 1. The minimum Gasteiger partial charge on any atom is -0.495 e. The summed E-state index contributed by atoms with van der Waals surface area (Å²) < 4.78 is 36.8. The second-order valence-corrected chi connectivity index (χ2v) is 12.2. The molecule has 0 unspecified atom stereocenters. The number of carbonyl (C=O) groups is 2. The Hall–Kier alpha value is -3.71. The van der Waals surface area contributed by atoms with E-state index in [9.17, 15) is 20.0 Å². The zero-order valence-corrected chi connectivity index (χ0v) is 24.8. The first-order valence-corrected chi connectivity index (χ1v) is 13.8. The summed E-state index contributed by atoms with van der Waals surface area (Å²) in [5, 5.41) is 26.1. The van der Waals surface area contributed by atoms with Crippen LogP contribution in [0.3, 0.4) is 0 Å². The molecule has 0 spiro atoms. The first kappa shape index (κ1) is 31.2. The van der Waals surface area contributed by atoms with Gasteiger partial charge in [0, 0.05) is 22.5 Å². The third-order valence-electron chi connectivity index (χ3n) is 7.44. The molecule has 1 fully saturated rings. The van der Waals surface area contributed by atoms with Crippen molar-refractivity contribution in [3.63, 3.8) is 0 Å². The SMILES string of the molecule is COc1cc(C(=O)O)ccc1NC(=O)[C@@H]1N[C@H](CC(C)(C)C)[C@](C#N)(c2ccc(Cl)cc2F)[C@H]1c1cccc(Cl)c1F. The van der Waals surface area contributed by atoms with Gasteiger partial charge in [0.2, 0.25) is 5.91 Å². The van der Waals surface area contributed by atoms with Gasteiger partial charge in [-0.3, -0.25) is 4.79 Å². The number of nitrogens with zero attached hydrogens (tertiary/aromatic N) is 1. The zero-order valence-electron chi connectivity index (χ0n) is 23.3. The molecule has 3 aromatic carbocycles. The van der Waals surface area contributed by atoms with Gasteiger partial charge in [0.25, 0.3) is 0 Å². The summed E-state index contributed by atoms with van der Waals surface area (Å²) in [7, 11) is 1.32. The number of carboxylic acid groups (broad SMARTS) is 1. The molecule has 0 aliphatic carbocycles. The Morgan fingerprint density at radius 1 is 1.14 bits per heavy atom. The smallest absolute Gasteiger partial charge is 0.335 e. The van der Waals surface area contributed by atoms with Crippen LogP contribution in [0.2, 0.25) is 10.0 Å². The van der Waals surface area contributed by atoms with E-state index in [0.29, 0.717) is 6.42 Å². The first-order chi connectivity index (χ1) is 19.7. The Bertz CT molecular complexity index is 1590. The van der Waals surface area contributed by atoms with Crippen LogP contribution < -0.4 is 15.4 Å². The number of ether oxygens (including phenoxy) is 1. The molecule has 7 nitrogen and oxygen atoms in total. The molecular formula is C31H29Cl2F2N3O4. The summed E-state index contributed by atoms with van der Waals surface area (Å²) in [5.41, 5.74) is -2.18. The van der Waals surface area contributed by atoms with Gasteiger partial charge in [0.05, 0.1) is 35.5 Å². The number of benzene rings is 3. The van der Waals surface area contributed by atoms with Gasteiger partial charge in [-0.15, -0.1) is 0 Å². The Kier molecular flexibility index (Phi) is 8.84. The number of rotatable bonds is 7. The maximum Gasteiger partial charge on any atom is 0.335 e. The number of nitrogens with one attached hydrogen (secondary N) is 2. The van der Waals surface area contributed by atoms with Crippen LogP contribution in [0, 0.1) is 28.4 Å². The van der Waals surface area contributed by atoms with E-state index >= 15 is 8.78 Å². The van der Waals surface area contributed by atoms with Gasteiger partial charge >= 0.3 is 5.97 Å². The van der Waals surface area contributed by atoms with Gasteiger partial charge in [-0.25, -0.2) is 13.6 Å². The topological polar surface area (TPSA) is 111 Å². The van der Waals surface area contributed by atoms with Crippen LogP contribution in [-0.4, -0.2) is 36.2 Å². The molecule has 0 bridgehead atoms. The van der Waals surface area contributed by atoms with Crippen molar-refractivity contribution < 1.29 is 28.2 Å². The summed E-state index contributed by atoms with van der Waals surface area (Å²) >= 11 is 12.2. The number of halogens is 4. The van der Waals surface area contributed by atoms with E-state index in [1.54, 1.807) is 0 Å². The number of methoxy groups -OCH3 is 1. The normalized spacial score (nSPS) is 21.9. The van der Waals surface area contributed by atoms with Gasteiger partial charge in [-0.1, -0.05) is 62.2 Å². The van der Waals surface area contributed by atoms with E-state index in [1.807, 2.05) is 20.8 Å². The lowest BCUT2D eigenvalue weighted by molar-refractivity contribution is -0.118. The van der Waals surface area contributed by atoms with Crippen LogP contribution in [-0.2, 0) is 10.2 Å². The van der Waals surface area contributed by atoms with E-state index < -0.39 is 52.3 Å². The molecule has 42 heavy (non-hydrogen) atoms. The Balaban J connectivity index is 1.95. The van der Waals surface area contributed by atoms with E-state index in [2.05, 4.69) is 16.7 Å². The lowest BCUT2D eigenvalue weighted by Gasteiger charge is -2.37. The van der Waals surface area contributed by atoms with Crippen LogP contribution in [0.1, 0.15) is 54.6 Å². The van der Waals surface area contributed by atoms with E-state index in [4.69, 9.17) is 27.9 Å². The molecule has 4 atom stereocenters. The van der Waals surface area contributed by atoms with Crippen molar-refractivity contribution in [2.24, 2.45) is 5.41 Å². The van der Waals surface area contributed by atoms with Crippen LogP contribution in [0.25, 0.3) is 0 Å². The van der Waals surface area contributed by atoms with Gasteiger partial charge in [-0.2, -0.15) is 5.26 Å². The molecule has 3 aromatic rings. The van der Waals surface area contributed by atoms with E-state index in [1.165, 1.54) is 55.6 Å². The molecule has 1 amide bonds. The van der Waals surface area contributed by atoms with Crippen molar-refractivity contribution in [1.29, 1.82) is 5.26 Å². The predicted molar refractivity (Wildman–Crippen MR) is 156 cm³/mol. The van der Waals surface area contributed by atoms with Crippen molar-refractivity contribution >= 4 is 40.8 Å². The number of amides is 1. The Morgan fingerprint density at radius 3 is 2.45 bits per heavy atom. The van der Waals surface area contributed by atoms with Crippen LogP contribution >= 0.6 is 23.2 Å². The maximum atomic E-state index is 15.8. The molecule has 11 heteroatoms. The molecule has 220 valence electrons. The number of carbonyl (C=O) groups excluding carboxylic acids is 1. The molecule has 1 aliphatic rings. The molecule has 3 N–H and O–H groups in total. The molecule has 0 radical (unpaired) electrons. The summed E-state index contributed by atoms with van der Waals surface area (Å²) in [4.78, 5) is 25.5. The lowest BCUT2D eigenvalue weighted by Crippen LogP contribution is -2.45. The number of nitriles is 1. The minimum atomic E-state index is -1.78. The largest absolute Gasteiger partial charge is 0.495 e. The third kappa shape index (κ3) is 5.80. The summed E-state index contributed by atoms with van der Waals surface area (Å²) in [6, 6.07) is 12.3. The first-order valence-electron chi connectivity index (χ1n) is 13.0. The number of carboxylic acids is 1. The minimum absolute atomic E-state index is 0.0424. The summed E-state index contributed by atoms with van der Waals surface area (Å²) in [5.74, 6) is -4.65. The molecule has 0 saturated carbocycles. The number of hydrogen-bond acceptors (Lipinski definition) is 5. The van der Waals surface area contributed by atoms with E-state index in [-0.39, 0.29) is 38.2 Å². The second kappa shape index (κ2) is 11.9. The van der Waals surface area contributed by atoms with E-state index in [0.717, 1.165) is 6.07 Å². The van der Waals surface area contributed by atoms with Crippen LogP contribution in [0.5, 0.6) is 5.75 Å². The Morgan fingerprint density at radius 2 is 1.86 bits per heavy atom. The average molecular weight is 616 g/mol. The van der Waals surface area contributed by atoms with Crippen molar-refractivity contribution in [2.45, 2.75) is 50.6 Å². The fraction of sp³-hybridized carbons (Fsp3) is 0.323. The molecule has 4 rings (SSSR count). The summed E-state index contributed by atoms with van der Waals surface area (Å²) in [6.45, 7) is 5.81. The average Bonchev–Trinajstić information content (AvgIpc) is 3.23. The highest BCUT2D eigenvalue weighted by Crippen LogP contribution is 2.53. The predicted octanol–water partition coefficient (Wildman–Crippen LogP) is 6.94. The van der Waals surface area contributed by atoms with Crippen molar-refractivity contribution in [3.8, 4) is 11.8 Å². The molecular weight excluding hydrogens is 587 g/mol. The number of hydrogen-bond donors (Lipinski definition) is 3. The molecule has 1 heterocycles. The van der Waals surface area contributed by atoms with Crippen molar-refractivity contribution in [2.75, 3.05) is 12.4 Å². The zero-order chi connectivity index (χ0) is 31.0. The van der Waals surface area contributed by atoms with Crippen LogP contribution in [0.4, 0.5) is 14.5 Å². The molecule has 1 aliphatic heterocycles. The third-order valence-corrected chi connectivity index (χ3v) is 7.96. The van der Waals surface area contributed by atoms with Gasteiger partial charge in [-0.05, 0) is 53.8 Å². The fourth-order valence-electron chi connectivity index (χ4n) is 5.69. The second-order valence-electron chi connectivity index (χ2n) is 11.4. The highest BCUT2D eigenvalue weighted by molar-refractivity contribution is 6.31. The van der Waals surface area contributed by atoms with Crippen LogP contribution in [0.15, 0.2) is 54.6 Å². The highest BCUT2D eigenvalue weighted by atomic mass is 35.5. The molecule has 0 aromatic heterocycles. The van der Waals surface area contributed by atoms with Gasteiger partial charge < -0.3 is 20.5 Å². The quantitative estimate of drug-likeness (QED) is 0.265. The standard InChI is InChI=1S/C31H29Cl2F2N3O4/c1-30(2,3)14-24-31(15-36,19-10-9-17(32)13-21(19)34)25(18-6-5-7-20(33)26(18)35)27(38-24)28(39)37-22-11-8-16(29(40)41)12-23(22)42-4/h5-13,24-25,27,38H,14H2,1-4H3,(H,37,39)(H,40,41)/t24-,25+,27-,31+/m1/s1. The molecule has 1 saturated heterocycles.